The third-order valence-corrected chi connectivity index (χ3v) is 7.24. The van der Waals surface area contributed by atoms with Crippen LogP contribution in [-0.2, 0) is 16.6 Å². The van der Waals surface area contributed by atoms with Gasteiger partial charge in [-0.2, -0.15) is 10.2 Å². The van der Waals surface area contributed by atoms with E-state index in [-0.39, 0.29) is 16.2 Å². The van der Waals surface area contributed by atoms with Crippen molar-refractivity contribution in [3.05, 3.63) is 65.2 Å². The highest BCUT2D eigenvalue weighted by molar-refractivity contribution is 7.93. The Morgan fingerprint density at radius 2 is 1.80 bits per heavy atom. The van der Waals surface area contributed by atoms with E-state index in [0.29, 0.717) is 28.5 Å². The van der Waals surface area contributed by atoms with Crippen LogP contribution in [0.2, 0.25) is 0 Å². The number of nitrogens with zero attached hydrogens (tertiary/aromatic N) is 5. The molecule has 3 heterocycles. The first-order valence-electron chi connectivity index (χ1n) is 9.05. The minimum absolute atomic E-state index is 0.205. The van der Waals surface area contributed by atoms with Gasteiger partial charge in [0.1, 0.15) is 17.9 Å². The third-order valence-electron chi connectivity index (χ3n) is 5.14. The van der Waals surface area contributed by atoms with Gasteiger partial charge in [0.2, 0.25) is 4.77 Å². The van der Waals surface area contributed by atoms with Gasteiger partial charge in [0.15, 0.2) is 5.82 Å². The second kappa shape index (κ2) is 6.54. The van der Waals surface area contributed by atoms with Crippen molar-refractivity contribution in [3.63, 3.8) is 0 Å². The summed E-state index contributed by atoms with van der Waals surface area (Å²) in [5, 5.41) is 11.6. The molecule has 0 bridgehead atoms. The smallest absolute Gasteiger partial charge is 0.264 e. The molecule has 0 unspecified atom stereocenters. The molecule has 0 saturated carbocycles. The molecule has 2 aromatic carbocycles. The largest absolute Gasteiger partial charge is 0.335 e. The monoisotopic (exact) mass is 439 g/mol. The molecule has 4 aromatic rings. The van der Waals surface area contributed by atoms with Crippen LogP contribution in [0.5, 0.6) is 0 Å². The molecule has 1 aliphatic heterocycles. The molecule has 5 rings (SSSR count). The fourth-order valence-corrected chi connectivity index (χ4v) is 5.22. The highest BCUT2D eigenvalue weighted by Gasteiger charge is 2.38. The molecule has 3 N–H and O–H groups in total. The summed E-state index contributed by atoms with van der Waals surface area (Å²) in [4.78, 5) is 0.228. The van der Waals surface area contributed by atoms with E-state index in [0.717, 1.165) is 5.56 Å². The Morgan fingerprint density at radius 1 is 1.10 bits per heavy atom. The second-order valence-electron chi connectivity index (χ2n) is 6.85. The summed E-state index contributed by atoms with van der Waals surface area (Å²) in [7, 11) is -2.17. The molecule has 30 heavy (non-hydrogen) atoms. The highest BCUT2D eigenvalue weighted by atomic mass is 32.2. The van der Waals surface area contributed by atoms with Crippen LogP contribution in [0.4, 0.5) is 5.69 Å². The Kier molecular flexibility index (Phi) is 4.05. The maximum atomic E-state index is 13.2. The summed E-state index contributed by atoms with van der Waals surface area (Å²) < 4.78 is 31.0. The Morgan fingerprint density at radius 3 is 2.50 bits per heavy atom. The van der Waals surface area contributed by atoms with Crippen molar-refractivity contribution in [1.29, 1.82) is 0 Å². The van der Waals surface area contributed by atoms with Crippen LogP contribution in [-0.4, -0.2) is 40.1 Å². The standard InChI is InChI=1S/C19H17N7O2S2/c1-24-18-16(13-9-5-6-10-14(13)30(24,27)28)23-25(11-15-21-22-19(29)26(15)20)17(18)12-7-3-2-4-8-12/h2-10H,11,20H2,1H3,(H,22,29). The number of hydrogen-bond acceptors (Lipinski definition) is 6. The zero-order chi connectivity index (χ0) is 21.0. The SMILES string of the molecule is CN1c2c(nn(Cc3n[nH]c(=S)n3N)c2-c2ccccc2)-c2ccccc2S1(=O)=O. The van der Waals surface area contributed by atoms with E-state index in [1.165, 1.54) is 8.98 Å². The molecule has 11 heteroatoms. The number of sulfonamides is 1. The number of aromatic amines is 1. The Balaban J connectivity index is 1.83. The van der Waals surface area contributed by atoms with Crippen LogP contribution in [0.1, 0.15) is 5.82 Å². The summed E-state index contributed by atoms with van der Waals surface area (Å²) in [5.74, 6) is 6.45. The zero-order valence-electron chi connectivity index (χ0n) is 15.8. The molecule has 152 valence electrons. The first-order chi connectivity index (χ1) is 14.4. The van der Waals surface area contributed by atoms with E-state index in [1.807, 2.05) is 30.3 Å². The quantitative estimate of drug-likeness (QED) is 0.374. The van der Waals surface area contributed by atoms with Crippen molar-refractivity contribution >= 4 is 27.9 Å². The zero-order valence-corrected chi connectivity index (χ0v) is 17.5. The second-order valence-corrected chi connectivity index (χ2v) is 9.18. The van der Waals surface area contributed by atoms with Gasteiger partial charge in [0.05, 0.1) is 10.6 Å². The molecule has 0 spiro atoms. The van der Waals surface area contributed by atoms with Crippen LogP contribution >= 0.6 is 12.2 Å². The summed E-state index contributed by atoms with van der Waals surface area (Å²) in [5.41, 5.74) is 3.13. The number of nitrogens with two attached hydrogens (primary N) is 1. The van der Waals surface area contributed by atoms with Gasteiger partial charge in [-0.05, 0) is 18.3 Å². The summed E-state index contributed by atoms with van der Waals surface area (Å²) >= 11 is 5.11. The van der Waals surface area contributed by atoms with E-state index in [1.54, 1.807) is 36.0 Å². The first kappa shape index (κ1) is 18.6. The molecule has 0 radical (unpaired) electrons. The Hall–Kier alpha value is -3.44. The van der Waals surface area contributed by atoms with E-state index in [9.17, 15) is 8.42 Å². The third kappa shape index (κ3) is 2.59. The summed E-state index contributed by atoms with van der Waals surface area (Å²) in [6.45, 7) is 0.205. The van der Waals surface area contributed by atoms with Crippen molar-refractivity contribution in [1.82, 2.24) is 24.7 Å². The molecule has 0 amide bonds. The minimum Gasteiger partial charge on any atom is -0.335 e. The van der Waals surface area contributed by atoms with E-state index in [2.05, 4.69) is 10.2 Å². The number of hydrogen-bond donors (Lipinski definition) is 2. The summed E-state index contributed by atoms with van der Waals surface area (Å²) in [6, 6.07) is 16.4. The van der Waals surface area contributed by atoms with Crippen molar-refractivity contribution in [2.75, 3.05) is 17.2 Å². The number of aromatic nitrogens is 5. The molecular formula is C19H17N7O2S2. The van der Waals surface area contributed by atoms with E-state index >= 15 is 0 Å². The number of fused-ring (bicyclic) bond motifs is 3. The van der Waals surface area contributed by atoms with E-state index in [4.69, 9.17) is 23.2 Å². The van der Waals surface area contributed by atoms with Gasteiger partial charge in [0, 0.05) is 18.2 Å². The van der Waals surface area contributed by atoms with Gasteiger partial charge in [-0.1, -0.05) is 48.5 Å². The van der Waals surface area contributed by atoms with Crippen molar-refractivity contribution < 1.29 is 8.42 Å². The van der Waals surface area contributed by atoms with Gasteiger partial charge < -0.3 is 5.84 Å². The van der Waals surface area contributed by atoms with Gasteiger partial charge in [-0.15, -0.1) is 0 Å². The predicted octanol–water partition coefficient (Wildman–Crippen LogP) is 2.37. The Labute approximate surface area is 177 Å². The fourth-order valence-electron chi connectivity index (χ4n) is 3.67. The molecule has 0 saturated heterocycles. The number of H-pyrrole nitrogens is 1. The van der Waals surface area contributed by atoms with Crippen molar-refractivity contribution in [2.24, 2.45) is 0 Å². The van der Waals surface area contributed by atoms with Crippen LogP contribution in [0.3, 0.4) is 0 Å². The van der Waals surface area contributed by atoms with Gasteiger partial charge in [-0.25, -0.2) is 13.1 Å². The lowest BCUT2D eigenvalue weighted by molar-refractivity contribution is 0.594. The predicted molar refractivity (Wildman–Crippen MR) is 115 cm³/mol. The lowest BCUT2D eigenvalue weighted by Crippen LogP contribution is -2.30. The van der Waals surface area contributed by atoms with Gasteiger partial charge in [-0.3, -0.25) is 14.1 Å². The maximum absolute atomic E-state index is 13.2. The van der Waals surface area contributed by atoms with E-state index < -0.39 is 10.0 Å². The average Bonchev–Trinajstić information content (AvgIpc) is 3.28. The number of nitrogens with one attached hydrogen (secondary N) is 1. The van der Waals surface area contributed by atoms with Crippen LogP contribution in [0, 0.1) is 4.77 Å². The van der Waals surface area contributed by atoms with Crippen molar-refractivity contribution in [2.45, 2.75) is 11.4 Å². The summed E-state index contributed by atoms with van der Waals surface area (Å²) in [6.07, 6.45) is 0. The molecule has 2 aromatic heterocycles. The lowest BCUT2D eigenvalue weighted by Gasteiger charge is -2.26. The Bertz CT molecular complexity index is 1440. The molecule has 0 atom stereocenters. The number of benzene rings is 2. The normalized spacial score (nSPS) is 14.4. The maximum Gasteiger partial charge on any atom is 0.264 e. The first-order valence-corrected chi connectivity index (χ1v) is 10.9. The van der Waals surface area contributed by atoms with Crippen LogP contribution in [0.25, 0.3) is 22.5 Å². The van der Waals surface area contributed by atoms with Crippen molar-refractivity contribution in [3.8, 4) is 22.5 Å². The number of nitrogen functional groups attached to an aromatic ring is 1. The molecule has 1 aliphatic rings. The lowest BCUT2D eigenvalue weighted by atomic mass is 10.1. The average molecular weight is 440 g/mol. The highest BCUT2D eigenvalue weighted by Crippen LogP contribution is 2.46. The number of rotatable bonds is 3. The molecule has 9 nitrogen and oxygen atoms in total. The topological polar surface area (TPSA) is 115 Å². The molecule has 0 fully saturated rings. The van der Waals surface area contributed by atoms with Gasteiger partial charge >= 0.3 is 0 Å². The fraction of sp³-hybridized carbons (Fsp3) is 0.105. The van der Waals surface area contributed by atoms with Crippen LogP contribution in [0.15, 0.2) is 59.5 Å². The molecule has 0 aliphatic carbocycles. The van der Waals surface area contributed by atoms with Gasteiger partial charge in [0.25, 0.3) is 10.0 Å². The van der Waals surface area contributed by atoms with Crippen LogP contribution < -0.4 is 10.1 Å². The minimum atomic E-state index is -3.72. The number of anilines is 1. The molecular weight excluding hydrogens is 422 g/mol.